The van der Waals surface area contributed by atoms with Crippen LogP contribution in [0.3, 0.4) is 0 Å². The Morgan fingerprint density at radius 3 is 2.72 bits per heavy atom. The highest BCUT2D eigenvalue weighted by atomic mass is 16.2. The average molecular weight is 343 g/mol. The summed E-state index contributed by atoms with van der Waals surface area (Å²) in [6.45, 7) is 1.75. The van der Waals surface area contributed by atoms with Crippen LogP contribution in [0.25, 0.3) is 0 Å². The van der Waals surface area contributed by atoms with Gasteiger partial charge in [0.15, 0.2) is 0 Å². The minimum Gasteiger partial charge on any atom is -0.349 e. The van der Waals surface area contributed by atoms with E-state index in [0.717, 1.165) is 11.3 Å². The Labute approximate surface area is 145 Å². The summed E-state index contributed by atoms with van der Waals surface area (Å²) >= 11 is 0. The predicted molar refractivity (Wildman–Crippen MR) is 90.7 cm³/mol. The number of rotatable bonds is 4. The lowest BCUT2D eigenvalue weighted by Crippen LogP contribution is -2.42. The molecule has 0 saturated carbocycles. The Morgan fingerprint density at radius 1 is 1.32 bits per heavy atom. The van der Waals surface area contributed by atoms with Gasteiger partial charge in [-0.1, -0.05) is 0 Å². The van der Waals surface area contributed by atoms with Crippen molar-refractivity contribution in [3.05, 3.63) is 52.2 Å². The highest BCUT2D eigenvalue weighted by Gasteiger charge is 2.40. The summed E-state index contributed by atoms with van der Waals surface area (Å²) in [5.74, 6) is -0.338. The molecule has 1 aliphatic rings. The first kappa shape index (κ1) is 16.9. The van der Waals surface area contributed by atoms with Gasteiger partial charge in [-0.25, -0.2) is 0 Å². The summed E-state index contributed by atoms with van der Waals surface area (Å²) in [4.78, 5) is 38.1. The molecule has 0 radical (unpaired) electrons. The van der Waals surface area contributed by atoms with Gasteiger partial charge in [0.25, 0.3) is 5.56 Å². The van der Waals surface area contributed by atoms with Crippen molar-refractivity contribution < 1.29 is 9.59 Å². The summed E-state index contributed by atoms with van der Waals surface area (Å²) in [6, 6.07) is 4.46. The SMILES string of the molecule is Cc1ccn(CC(=O)N[C@@H]2CC(=O)N(C)[C@H]2c2ccnn2C)c(=O)c1. The van der Waals surface area contributed by atoms with E-state index >= 15 is 0 Å². The number of hydrogen-bond donors (Lipinski definition) is 1. The standard InChI is InChI=1S/C17H21N5O3/c1-11-5-7-22(16(25)8-11)10-14(23)19-12-9-15(24)20(2)17(12)13-4-6-18-21(13)3/h4-8,12,17H,9-10H2,1-3H3,(H,19,23)/t12-,17-/m1/s1. The number of likely N-dealkylation sites (tertiary alicyclic amines) is 1. The number of likely N-dealkylation sites (N-methyl/N-ethyl adjacent to an activating group) is 1. The molecular weight excluding hydrogens is 322 g/mol. The molecule has 0 aromatic carbocycles. The van der Waals surface area contributed by atoms with Crippen LogP contribution in [0.4, 0.5) is 0 Å². The molecule has 0 aliphatic carbocycles. The van der Waals surface area contributed by atoms with Gasteiger partial charge in [0.2, 0.25) is 11.8 Å². The van der Waals surface area contributed by atoms with Crippen LogP contribution in [-0.4, -0.2) is 44.2 Å². The number of aryl methyl sites for hydroxylation is 2. The molecule has 1 aliphatic heterocycles. The number of carbonyl (C=O) groups excluding carboxylic acids is 2. The van der Waals surface area contributed by atoms with Crippen LogP contribution in [0.15, 0.2) is 35.4 Å². The molecule has 0 bridgehead atoms. The first-order valence-electron chi connectivity index (χ1n) is 8.07. The highest BCUT2D eigenvalue weighted by molar-refractivity contribution is 5.82. The summed E-state index contributed by atoms with van der Waals surface area (Å²) in [5, 5.41) is 7.04. The molecule has 1 saturated heterocycles. The molecule has 8 heteroatoms. The number of nitrogens with zero attached hydrogens (tertiary/aromatic N) is 4. The lowest BCUT2D eigenvalue weighted by Gasteiger charge is -2.25. The second-order valence-corrected chi connectivity index (χ2v) is 6.38. The molecular formula is C17H21N5O3. The third kappa shape index (κ3) is 3.33. The van der Waals surface area contributed by atoms with Gasteiger partial charge >= 0.3 is 0 Å². The van der Waals surface area contributed by atoms with E-state index in [-0.39, 0.29) is 42.4 Å². The van der Waals surface area contributed by atoms with E-state index in [1.807, 2.05) is 13.0 Å². The van der Waals surface area contributed by atoms with Crippen molar-refractivity contribution in [3.8, 4) is 0 Å². The van der Waals surface area contributed by atoms with Crippen LogP contribution in [0.5, 0.6) is 0 Å². The van der Waals surface area contributed by atoms with Gasteiger partial charge in [-0.05, 0) is 24.6 Å². The minimum absolute atomic E-state index is 0.0380. The normalized spacial score (nSPS) is 20.1. The summed E-state index contributed by atoms with van der Waals surface area (Å²) in [6.07, 6.45) is 3.49. The Hall–Kier alpha value is -2.90. The zero-order valence-electron chi connectivity index (χ0n) is 14.5. The fourth-order valence-corrected chi connectivity index (χ4v) is 3.22. The van der Waals surface area contributed by atoms with Crippen LogP contribution in [0, 0.1) is 6.92 Å². The molecule has 3 rings (SSSR count). The molecule has 2 aromatic rings. The topological polar surface area (TPSA) is 89.2 Å². The first-order valence-corrected chi connectivity index (χ1v) is 8.07. The molecule has 3 heterocycles. The van der Waals surface area contributed by atoms with Gasteiger partial charge in [-0.15, -0.1) is 0 Å². The lowest BCUT2D eigenvalue weighted by molar-refractivity contribution is -0.127. The molecule has 0 unspecified atom stereocenters. The minimum atomic E-state index is -0.360. The maximum atomic E-state index is 12.4. The number of hydrogen-bond acceptors (Lipinski definition) is 4. The lowest BCUT2D eigenvalue weighted by atomic mass is 10.1. The van der Waals surface area contributed by atoms with Crippen LogP contribution < -0.4 is 10.9 Å². The van der Waals surface area contributed by atoms with Crippen LogP contribution in [0.1, 0.15) is 23.7 Å². The van der Waals surface area contributed by atoms with Crippen LogP contribution >= 0.6 is 0 Å². The van der Waals surface area contributed by atoms with Crippen LogP contribution in [0.2, 0.25) is 0 Å². The van der Waals surface area contributed by atoms with Crippen LogP contribution in [-0.2, 0) is 23.2 Å². The second-order valence-electron chi connectivity index (χ2n) is 6.38. The molecule has 25 heavy (non-hydrogen) atoms. The summed E-state index contributed by atoms with van der Waals surface area (Å²) in [7, 11) is 3.52. The van der Waals surface area contributed by atoms with Crippen molar-refractivity contribution in [1.82, 2.24) is 24.6 Å². The van der Waals surface area contributed by atoms with E-state index in [2.05, 4.69) is 10.4 Å². The molecule has 2 aromatic heterocycles. The van der Waals surface area contributed by atoms with Gasteiger partial charge in [0.05, 0.1) is 17.8 Å². The molecule has 1 fully saturated rings. The van der Waals surface area contributed by atoms with E-state index in [0.29, 0.717) is 0 Å². The van der Waals surface area contributed by atoms with Crippen molar-refractivity contribution in [3.63, 3.8) is 0 Å². The van der Waals surface area contributed by atoms with Crippen molar-refractivity contribution in [2.45, 2.75) is 32.0 Å². The van der Waals surface area contributed by atoms with Crippen molar-refractivity contribution in [2.24, 2.45) is 7.05 Å². The number of amides is 2. The van der Waals surface area contributed by atoms with Gasteiger partial charge in [-0.3, -0.25) is 19.1 Å². The van der Waals surface area contributed by atoms with E-state index < -0.39 is 0 Å². The van der Waals surface area contributed by atoms with Gasteiger partial charge < -0.3 is 14.8 Å². The highest BCUT2D eigenvalue weighted by Crippen LogP contribution is 2.31. The molecule has 1 N–H and O–H groups in total. The monoisotopic (exact) mass is 343 g/mol. The van der Waals surface area contributed by atoms with Crippen molar-refractivity contribution in [1.29, 1.82) is 0 Å². The van der Waals surface area contributed by atoms with E-state index in [1.165, 1.54) is 10.6 Å². The number of aromatic nitrogens is 3. The Bertz CT molecular complexity index is 869. The fraction of sp³-hybridized carbons (Fsp3) is 0.412. The number of carbonyl (C=O) groups is 2. The smallest absolute Gasteiger partial charge is 0.251 e. The zero-order chi connectivity index (χ0) is 18.1. The van der Waals surface area contributed by atoms with Gasteiger partial charge in [0, 0.05) is 39.0 Å². The third-order valence-electron chi connectivity index (χ3n) is 4.56. The van der Waals surface area contributed by atoms with E-state index in [1.54, 1.807) is 42.1 Å². The predicted octanol–water partition coefficient (Wildman–Crippen LogP) is -0.0216. The first-order chi connectivity index (χ1) is 11.9. The van der Waals surface area contributed by atoms with Gasteiger partial charge in [-0.2, -0.15) is 5.10 Å². The number of pyridine rings is 1. The Morgan fingerprint density at radius 2 is 2.08 bits per heavy atom. The van der Waals surface area contributed by atoms with E-state index in [9.17, 15) is 14.4 Å². The maximum absolute atomic E-state index is 12.4. The zero-order valence-corrected chi connectivity index (χ0v) is 14.5. The largest absolute Gasteiger partial charge is 0.349 e. The Balaban J connectivity index is 1.76. The van der Waals surface area contributed by atoms with Crippen molar-refractivity contribution in [2.75, 3.05) is 7.05 Å². The Kier molecular flexibility index (Phi) is 4.43. The van der Waals surface area contributed by atoms with E-state index in [4.69, 9.17) is 0 Å². The molecule has 2 amide bonds. The molecule has 2 atom stereocenters. The summed E-state index contributed by atoms with van der Waals surface area (Å²) < 4.78 is 3.05. The molecule has 132 valence electrons. The quantitative estimate of drug-likeness (QED) is 0.845. The van der Waals surface area contributed by atoms with Gasteiger partial charge in [0.1, 0.15) is 6.54 Å². The van der Waals surface area contributed by atoms with Crippen molar-refractivity contribution >= 4 is 11.8 Å². The molecule has 8 nitrogen and oxygen atoms in total. The summed E-state index contributed by atoms with van der Waals surface area (Å²) in [5.41, 5.74) is 1.48. The maximum Gasteiger partial charge on any atom is 0.251 e. The fourth-order valence-electron chi connectivity index (χ4n) is 3.22. The number of nitrogens with one attached hydrogen (secondary N) is 1. The molecule has 0 spiro atoms. The third-order valence-corrected chi connectivity index (χ3v) is 4.56. The average Bonchev–Trinajstić information content (AvgIpc) is 3.06. The second kappa shape index (κ2) is 6.54.